The van der Waals surface area contributed by atoms with Gasteiger partial charge in [-0.05, 0) is 121 Å². The highest BCUT2D eigenvalue weighted by atomic mass is 127. The summed E-state index contributed by atoms with van der Waals surface area (Å²) in [5.74, 6) is -0.464. The molecule has 0 fully saturated rings. The molecule has 0 saturated carbocycles. The van der Waals surface area contributed by atoms with Crippen LogP contribution in [0.25, 0.3) is 33.4 Å². The number of amides is 2. The van der Waals surface area contributed by atoms with Crippen LogP contribution < -0.4 is 10.6 Å². The van der Waals surface area contributed by atoms with Crippen molar-refractivity contribution in [3.05, 3.63) is 100 Å². The molecule has 3 heterocycles. The quantitative estimate of drug-likeness (QED) is 0.159. The Morgan fingerprint density at radius 1 is 0.952 bits per heavy atom. The fourth-order valence-corrected chi connectivity index (χ4v) is 4.88. The molecule has 5 aromatic rings. The van der Waals surface area contributed by atoms with Crippen molar-refractivity contribution in [2.24, 2.45) is 0 Å². The Bertz CT molecular complexity index is 1720. The Kier molecular flexibility index (Phi) is 8.53. The number of anilines is 1. The number of ether oxygens (including phenoxy) is 1. The van der Waals surface area contributed by atoms with Gasteiger partial charge < -0.3 is 20.4 Å². The summed E-state index contributed by atoms with van der Waals surface area (Å²) < 4.78 is 20.2. The lowest BCUT2D eigenvalue weighted by molar-refractivity contribution is -0.118. The largest absolute Gasteiger partial charge is 0.444 e. The normalized spacial score (nSPS) is 12.1. The van der Waals surface area contributed by atoms with Crippen molar-refractivity contribution in [1.82, 2.24) is 20.3 Å². The number of rotatable bonds is 7. The first kappa shape index (κ1) is 29.2. The van der Waals surface area contributed by atoms with Crippen LogP contribution in [0, 0.1) is 9.39 Å². The molecule has 214 valence electrons. The molecule has 3 aromatic heterocycles. The van der Waals surface area contributed by atoms with Crippen molar-refractivity contribution < 1.29 is 18.7 Å². The predicted octanol–water partition coefficient (Wildman–Crippen LogP) is 7.11. The number of fused-ring (bicyclic) bond motifs is 1. The average molecular weight is 678 g/mol. The van der Waals surface area contributed by atoms with Gasteiger partial charge >= 0.3 is 6.09 Å². The van der Waals surface area contributed by atoms with E-state index in [1.165, 1.54) is 12.1 Å². The van der Waals surface area contributed by atoms with Crippen LogP contribution in [-0.4, -0.2) is 38.6 Å². The molecule has 0 saturated heterocycles. The minimum absolute atomic E-state index is 0.258. The van der Waals surface area contributed by atoms with Crippen LogP contribution in [0.15, 0.2) is 85.2 Å². The van der Waals surface area contributed by atoms with Crippen molar-refractivity contribution in [2.75, 3.05) is 5.32 Å². The third kappa shape index (κ3) is 7.11. The van der Waals surface area contributed by atoms with E-state index in [0.29, 0.717) is 11.5 Å². The second kappa shape index (κ2) is 12.3. The minimum atomic E-state index is -0.914. The Hall–Kier alpha value is -4.32. The molecule has 0 aliphatic heterocycles. The summed E-state index contributed by atoms with van der Waals surface area (Å²) in [4.78, 5) is 38.3. The van der Waals surface area contributed by atoms with Crippen LogP contribution in [0.2, 0.25) is 0 Å². The summed E-state index contributed by atoms with van der Waals surface area (Å²) in [7, 11) is 0. The molecule has 0 aliphatic carbocycles. The van der Waals surface area contributed by atoms with E-state index in [2.05, 4.69) is 48.2 Å². The van der Waals surface area contributed by atoms with E-state index in [-0.39, 0.29) is 12.2 Å². The second-order valence-electron chi connectivity index (χ2n) is 10.7. The summed E-state index contributed by atoms with van der Waals surface area (Å²) in [6.07, 6.45) is 2.98. The number of hydrogen-bond donors (Lipinski definition) is 3. The Balaban J connectivity index is 1.46. The van der Waals surface area contributed by atoms with E-state index in [1.807, 2.05) is 42.5 Å². The van der Waals surface area contributed by atoms with Crippen molar-refractivity contribution in [2.45, 2.75) is 38.8 Å². The second-order valence-corrected chi connectivity index (χ2v) is 12.0. The summed E-state index contributed by atoms with van der Waals surface area (Å²) in [6.45, 7) is 5.28. The first-order valence-electron chi connectivity index (χ1n) is 13.3. The number of nitrogens with zero attached hydrogens (tertiary/aromatic N) is 2. The van der Waals surface area contributed by atoms with Crippen LogP contribution >= 0.6 is 22.6 Å². The van der Waals surface area contributed by atoms with Crippen LogP contribution in [-0.2, 0) is 16.0 Å². The maximum absolute atomic E-state index is 13.7. The van der Waals surface area contributed by atoms with Crippen molar-refractivity contribution >= 4 is 51.4 Å². The fourth-order valence-electron chi connectivity index (χ4n) is 4.52. The number of carbonyl (C=O) groups is 2. The zero-order valence-corrected chi connectivity index (χ0v) is 25.4. The van der Waals surface area contributed by atoms with Gasteiger partial charge in [-0.1, -0.05) is 12.1 Å². The molecule has 2 aromatic carbocycles. The molecule has 5 rings (SSSR count). The molecule has 42 heavy (non-hydrogen) atoms. The fraction of sp³-hybridized carbons (Fsp3) is 0.188. The molecular weight excluding hydrogens is 648 g/mol. The molecule has 1 atom stereocenters. The Morgan fingerprint density at radius 2 is 1.64 bits per heavy atom. The number of H-pyrrole nitrogens is 1. The molecule has 0 unspecified atom stereocenters. The maximum Gasteiger partial charge on any atom is 0.408 e. The van der Waals surface area contributed by atoms with Crippen molar-refractivity contribution in [1.29, 1.82) is 0 Å². The standard InChI is InChI=1S/C32H29FIN5O3/c1-32(2,3)42-31(41)36-25(18-19-4-10-23(34)11-5-19)30(40)38-26-13-12-24-27(20-14-16-35-17-15-20)28(39-29(24)37-26)21-6-8-22(33)9-7-21/h4-17,25H,18H2,1-3H3,(H,36,41)(H2,37,38,39,40)/t25-/m0/s1. The minimum Gasteiger partial charge on any atom is -0.444 e. The van der Waals surface area contributed by atoms with Crippen LogP contribution in [0.3, 0.4) is 0 Å². The van der Waals surface area contributed by atoms with Gasteiger partial charge in [0.2, 0.25) is 5.91 Å². The van der Waals surface area contributed by atoms with Gasteiger partial charge in [0.05, 0.1) is 5.69 Å². The van der Waals surface area contributed by atoms with E-state index < -0.39 is 23.6 Å². The number of aromatic nitrogens is 3. The molecule has 0 aliphatic rings. The topological polar surface area (TPSA) is 109 Å². The lowest BCUT2D eigenvalue weighted by atomic mass is 10.00. The molecule has 0 spiro atoms. The van der Waals surface area contributed by atoms with Crippen LogP contribution in [0.4, 0.5) is 15.0 Å². The first-order chi connectivity index (χ1) is 20.1. The van der Waals surface area contributed by atoms with Gasteiger partial charge in [-0.15, -0.1) is 0 Å². The highest BCUT2D eigenvalue weighted by Gasteiger charge is 2.26. The summed E-state index contributed by atoms with van der Waals surface area (Å²) in [5.41, 5.74) is 4.03. The molecule has 2 amide bonds. The van der Waals surface area contributed by atoms with Gasteiger partial charge in [0.15, 0.2) is 0 Å². The third-order valence-electron chi connectivity index (χ3n) is 6.37. The molecular formula is C32H29FIN5O3. The summed E-state index contributed by atoms with van der Waals surface area (Å²) in [6, 6.07) is 20.4. The number of benzene rings is 2. The van der Waals surface area contributed by atoms with Gasteiger partial charge in [-0.25, -0.2) is 14.2 Å². The Labute approximate surface area is 256 Å². The van der Waals surface area contributed by atoms with Gasteiger partial charge in [-0.2, -0.15) is 0 Å². The Morgan fingerprint density at radius 3 is 2.31 bits per heavy atom. The third-order valence-corrected chi connectivity index (χ3v) is 7.09. The number of hydrogen-bond acceptors (Lipinski definition) is 5. The molecule has 10 heteroatoms. The molecule has 0 bridgehead atoms. The highest BCUT2D eigenvalue weighted by molar-refractivity contribution is 14.1. The average Bonchev–Trinajstić information content (AvgIpc) is 3.32. The van der Waals surface area contributed by atoms with Crippen molar-refractivity contribution in [3.63, 3.8) is 0 Å². The number of halogens is 2. The number of carbonyl (C=O) groups excluding carboxylic acids is 2. The zero-order valence-electron chi connectivity index (χ0n) is 23.2. The van der Waals surface area contributed by atoms with E-state index in [9.17, 15) is 14.0 Å². The van der Waals surface area contributed by atoms with E-state index in [4.69, 9.17) is 4.74 Å². The van der Waals surface area contributed by atoms with E-state index >= 15 is 0 Å². The lowest BCUT2D eigenvalue weighted by Gasteiger charge is -2.23. The summed E-state index contributed by atoms with van der Waals surface area (Å²) in [5, 5.41) is 6.38. The maximum atomic E-state index is 13.7. The van der Waals surface area contributed by atoms with Gasteiger partial charge in [0.25, 0.3) is 0 Å². The smallest absolute Gasteiger partial charge is 0.408 e. The van der Waals surface area contributed by atoms with E-state index in [0.717, 1.165) is 36.9 Å². The molecule has 3 N–H and O–H groups in total. The predicted molar refractivity (Wildman–Crippen MR) is 169 cm³/mol. The number of pyridine rings is 2. The first-order valence-corrected chi connectivity index (χ1v) is 14.4. The highest BCUT2D eigenvalue weighted by Crippen LogP contribution is 2.38. The van der Waals surface area contributed by atoms with Crippen molar-refractivity contribution in [3.8, 4) is 22.4 Å². The SMILES string of the molecule is CC(C)(C)OC(=O)N[C@@H](Cc1ccc(I)cc1)C(=O)Nc1ccc2c(-c3ccncc3)c(-c3ccc(F)cc3)[nH]c2n1. The number of aromatic amines is 1. The van der Waals surface area contributed by atoms with Crippen LogP contribution in [0.5, 0.6) is 0 Å². The van der Waals surface area contributed by atoms with Crippen LogP contribution in [0.1, 0.15) is 26.3 Å². The number of alkyl carbamates (subject to hydrolysis) is 1. The zero-order chi connectivity index (χ0) is 29.9. The monoisotopic (exact) mass is 677 g/mol. The number of nitrogens with one attached hydrogen (secondary N) is 3. The lowest BCUT2D eigenvalue weighted by Crippen LogP contribution is -2.47. The van der Waals surface area contributed by atoms with Gasteiger partial charge in [0, 0.05) is 33.3 Å². The molecule has 0 radical (unpaired) electrons. The summed E-state index contributed by atoms with van der Waals surface area (Å²) >= 11 is 2.21. The van der Waals surface area contributed by atoms with E-state index in [1.54, 1.807) is 51.4 Å². The van der Waals surface area contributed by atoms with Gasteiger partial charge in [0.1, 0.15) is 28.9 Å². The van der Waals surface area contributed by atoms with Gasteiger partial charge in [-0.3, -0.25) is 9.78 Å². The molecule has 8 nitrogen and oxygen atoms in total.